The van der Waals surface area contributed by atoms with Crippen LogP contribution in [0.3, 0.4) is 0 Å². The first kappa shape index (κ1) is 14.5. The number of carboxylic acids is 1. The van der Waals surface area contributed by atoms with Crippen molar-refractivity contribution in [3.05, 3.63) is 35.7 Å². The number of anilines is 1. The van der Waals surface area contributed by atoms with Crippen molar-refractivity contribution >= 4 is 22.4 Å². The number of hydrogen-bond donors (Lipinski definition) is 1. The molecule has 0 amide bonds. The number of carbonyl (C=O) groups is 1. The summed E-state index contributed by atoms with van der Waals surface area (Å²) in [6.07, 6.45) is 0. The number of hydrogen-bond acceptors (Lipinski definition) is 4. The lowest BCUT2D eigenvalue weighted by molar-refractivity contribution is -0.135. The fourth-order valence-corrected chi connectivity index (χ4v) is 2.88. The third-order valence-electron chi connectivity index (χ3n) is 2.90. The molecule has 0 aliphatic rings. The molecular weight excluding hydrogens is 272 g/mol. The topological polar surface area (TPSA) is 53.4 Å². The van der Waals surface area contributed by atoms with Crippen LogP contribution in [0.2, 0.25) is 0 Å². The molecule has 0 radical (unpaired) electrons. The first-order chi connectivity index (χ1) is 9.38. The Bertz CT molecular complexity index is 587. The van der Waals surface area contributed by atoms with E-state index in [0.717, 1.165) is 16.4 Å². The van der Waals surface area contributed by atoms with Gasteiger partial charge in [-0.05, 0) is 20.8 Å². The lowest BCUT2D eigenvalue weighted by atomic mass is 10.1. The minimum Gasteiger partial charge on any atom is -0.480 e. The maximum atomic E-state index is 11.0. The number of thiazole rings is 1. The van der Waals surface area contributed by atoms with Gasteiger partial charge in [0.2, 0.25) is 0 Å². The zero-order valence-electron chi connectivity index (χ0n) is 11.8. The first-order valence-corrected chi connectivity index (χ1v) is 7.26. The van der Waals surface area contributed by atoms with E-state index < -0.39 is 5.97 Å². The average molecular weight is 290 g/mol. The van der Waals surface area contributed by atoms with Gasteiger partial charge in [0.25, 0.3) is 0 Å². The summed E-state index contributed by atoms with van der Waals surface area (Å²) in [5.74, 6) is -0.851. The Morgan fingerprint density at radius 2 is 1.95 bits per heavy atom. The van der Waals surface area contributed by atoms with E-state index in [9.17, 15) is 4.79 Å². The van der Waals surface area contributed by atoms with E-state index in [4.69, 9.17) is 5.11 Å². The van der Waals surface area contributed by atoms with Crippen LogP contribution in [0.15, 0.2) is 35.7 Å². The van der Waals surface area contributed by atoms with Crippen LogP contribution >= 0.6 is 11.3 Å². The molecule has 106 valence electrons. The number of aliphatic carboxylic acids is 1. The summed E-state index contributed by atoms with van der Waals surface area (Å²) < 4.78 is 0. The van der Waals surface area contributed by atoms with Crippen molar-refractivity contribution in [2.75, 3.05) is 11.4 Å². The van der Waals surface area contributed by atoms with E-state index in [1.165, 1.54) is 11.3 Å². The van der Waals surface area contributed by atoms with Crippen molar-refractivity contribution in [1.82, 2.24) is 4.98 Å². The summed E-state index contributed by atoms with van der Waals surface area (Å²) in [6, 6.07) is 9.89. The highest BCUT2D eigenvalue weighted by Crippen LogP contribution is 2.31. The summed E-state index contributed by atoms with van der Waals surface area (Å²) >= 11 is 1.47. The van der Waals surface area contributed by atoms with E-state index in [1.807, 2.05) is 61.4 Å². The normalized spacial score (nSPS) is 11.3. The molecule has 1 heterocycles. The quantitative estimate of drug-likeness (QED) is 0.936. The lowest BCUT2D eigenvalue weighted by Crippen LogP contribution is -2.44. The van der Waals surface area contributed by atoms with Gasteiger partial charge in [0.05, 0.1) is 5.69 Å². The highest BCUT2D eigenvalue weighted by atomic mass is 32.1. The van der Waals surface area contributed by atoms with E-state index >= 15 is 0 Å². The van der Waals surface area contributed by atoms with Crippen LogP contribution in [0.5, 0.6) is 0 Å². The van der Waals surface area contributed by atoms with Crippen molar-refractivity contribution in [3.63, 3.8) is 0 Å². The molecule has 0 atom stereocenters. The number of benzene rings is 1. The maximum Gasteiger partial charge on any atom is 0.323 e. The van der Waals surface area contributed by atoms with Crippen LogP contribution in [0.4, 0.5) is 5.13 Å². The number of nitrogens with zero attached hydrogens (tertiary/aromatic N) is 2. The molecule has 4 nitrogen and oxygen atoms in total. The second-order valence-corrected chi connectivity index (χ2v) is 6.37. The Morgan fingerprint density at radius 1 is 1.30 bits per heavy atom. The van der Waals surface area contributed by atoms with Crippen LogP contribution in [0.1, 0.15) is 20.8 Å². The van der Waals surface area contributed by atoms with Crippen molar-refractivity contribution < 1.29 is 9.90 Å². The molecule has 1 aromatic carbocycles. The van der Waals surface area contributed by atoms with Gasteiger partial charge in [-0.2, -0.15) is 0 Å². The van der Waals surface area contributed by atoms with Gasteiger partial charge >= 0.3 is 5.97 Å². The third-order valence-corrected chi connectivity index (χ3v) is 3.76. The van der Waals surface area contributed by atoms with Gasteiger partial charge in [-0.1, -0.05) is 30.3 Å². The monoisotopic (exact) mass is 290 g/mol. The largest absolute Gasteiger partial charge is 0.480 e. The summed E-state index contributed by atoms with van der Waals surface area (Å²) in [5.41, 5.74) is 1.63. The van der Waals surface area contributed by atoms with Gasteiger partial charge in [0.1, 0.15) is 6.54 Å². The Labute approximate surface area is 122 Å². The fraction of sp³-hybridized carbons (Fsp3) is 0.333. The molecule has 20 heavy (non-hydrogen) atoms. The van der Waals surface area contributed by atoms with Crippen molar-refractivity contribution in [3.8, 4) is 11.3 Å². The number of carboxylic acid groups (broad SMARTS) is 1. The molecule has 2 aromatic rings. The predicted octanol–water partition coefficient (Wildman–Crippen LogP) is 3.50. The van der Waals surface area contributed by atoms with Gasteiger partial charge in [-0.25, -0.2) is 4.98 Å². The molecule has 0 fully saturated rings. The van der Waals surface area contributed by atoms with Gasteiger partial charge in [0.15, 0.2) is 5.13 Å². The molecular formula is C15H18N2O2S. The van der Waals surface area contributed by atoms with Gasteiger partial charge in [-0.15, -0.1) is 11.3 Å². The molecule has 5 heteroatoms. The second kappa shape index (κ2) is 5.63. The molecule has 0 saturated heterocycles. The zero-order valence-corrected chi connectivity index (χ0v) is 12.6. The second-order valence-electron chi connectivity index (χ2n) is 5.53. The van der Waals surface area contributed by atoms with E-state index in [1.54, 1.807) is 0 Å². The van der Waals surface area contributed by atoms with Gasteiger partial charge in [0, 0.05) is 16.5 Å². The molecule has 0 bridgehead atoms. The van der Waals surface area contributed by atoms with Crippen LogP contribution < -0.4 is 4.90 Å². The summed E-state index contributed by atoms with van der Waals surface area (Å²) in [5, 5.41) is 11.8. The Kier molecular flexibility index (Phi) is 4.09. The van der Waals surface area contributed by atoms with E-state index in [-0.39, 0.29) is 12.1 Å². The molecule has 0 unspecified atom stereocenters. The molecule has 1 aromatic heterocycles. The molecule has 1 N–H and O–H groups in total. The Morgan fingerprint density at radius 3 is 2.50 bits per heavy atom. The zero-order chi connectivity index (χ0) is 14.8. The third kappa shape index (κ3) is 3.36. The predicted molar refractivity (Wildman–Crippen MR) is 82.3 cm³/mol. The maximum absolute atomic E-state index is 11.0. The molecule has 2 rings (SSSR count). The van der Waals surface area contributed by atoms with Gasteiger partial charge in [-0.3, -0.25) is 4.79 Å². The molecule has 0 aliphatic heterocycles. The van der Waals surface area contributed by atoms with Crippen LogP contribution in [-0.2, 0) is 4.79 Å². The highest BCUT2D eigenvalue weighted by Gasteiger charge is 2.26. The Hall–Kier alpha value is -1.88. The smallest absolute Gasteiger partial charge is 0.323 e. The summed E-state index contributed by atoms with van der Waals surface area (Å²) in [6.45, 7) is 5.91. The standard InChI is InChI=1S/C15H18N2O2S/c1-15(2,3)17(9-13(18)19)14-16-12(10-20-14)11-7-5-4-6-8-11/h4-8,10H,9H2,1-3H3,(H,18,19). The van der Waals surface area contributed by atoms with Crippen molar-refractivity contribution in [2.24, 2.45) is 0 Å². The number of rotatable bonds is 4. The van der Waals surface area contributed by atoms with Gasteiger partial charge < -0.3 is 10.0 Å². The highest BCUT2D eigenvalue weighted by molar-refractivity contribution is 7.14. The first-order valence-electron chi connectivity index (χ1n) is 6.38. The summed E-state index contributed by atoms with van der Waals surface area (Å²) in [4.78, 5) is 17.4. The van der Waals surface area contributed by atoms with Crippen molar-refractivity contribution in [1.29, 1.82) is 0 Å². The van der Waals surface area contributed by atoms with E-state index in [0.29, 0.717) is 0 Å². The molecule has 0 spiro atoms. The minimum atomic E-state index is -0.851. The Balaban J connectivity index is 2.32. The van der Waals surface area contributed by atoms with Crippen LogP contribution in [0.25, 0.3) is 11.3 Å². The lowest BCUT2D eigenvalue weighted by Gasteiger charge is -2.34. The number of aromatic nitrogens is 1. The minimum absolute atomic E-state index is 0.0504. The fourth-order valence-electron chi connectivity index (χ4n) is 1.86. The summed E-state index contributed by atoms with van der Waals surface area (Å²) in [7, 11) is 0. The van der Waals surface area contributed by atoms with Crippen LogP contribution in [-0.4, -0.2) is 28.1 Å². The average Bonchev–Trinajstić information content (AvgIpc) is 2.84. The molecule has 0 saturated carbocycles. The van der Waals surface area contributed by atoms with E-state index in [2.05, 4.69) is 4.98 Å². The van der Waals surface area contributed by atoms with Crippen LogP contribution in [0, 0.1) is 0 Å². The van der Waals surface area contributed by atoms with Crippen molar-refractivity contribution in [2.45, 2.75) is 26.3 Å². The molecule has 0 aliphatic carbocycles. The SMILES string of the molecule is CC(C)(C)N(CC(=O)O)c1nc(-c2ccccc2)cs1.